The Morgan fingerprint density at radius 2 is 1.91 bits per heavy atom. The maximum atomic E-state index is 13.3. The number of fused-ring (bicyclic) bond motifs is 2. The summed E-state index contributed by atoms with van der Waals surface area (Å²) >= 11 is 0. The average molecular weight is 471 g/mol. The molecule has 1 aliphatic carbocycles. The number of hydrogen-bond donors (Lipinski definition) is 2. The second kappa shape index (κ2) is 8.27. The summed E-state index contributed by atoms with van der Waals surface area (Å²) in [7, 11) is -0.844. The minimum absolute atomic E-state index is 0.0288. The molecule has 2 aliphatic rings. The van der Waals surface area contributed by atoms with Gasteiger partial charge >= 0.3 is 6.03 Å². The molecule has 0 saturated carbocycles. The van der Waals surface area contributed by atoms with Crippen molar-refractivity contribution >= 4 is 33.6 Å². The fourth-order valence-electron chi connectivity index (χ4n) is 4.40. The van der Waals surface area contributed by atoms with Crippen LogP contribution in [0.2, 0.25) is 0 Å². The molecule has 10 heteroatoms. The highest BCUT2D eigenvalue weighted by Gasteiger charge is 2.54. The molecule has 174 valence electrons. The Hall–Kier alpha value is -3.24. The highest BCUT2D eigenvalue weighted by molar-refractivity contribution is 7.89. The van der Waals surface area contributed by atoms with Crippen LogP contribution in [0.5, 0.6) is 0 Å². The molecule has 0 aromatic heterocycles. The van der Waals surface area contributed by atoms with Crippen LogP contribution in [0.1, 0.15) is 29.5 Å². The lowest BCUT2D eigenvalue weighted by atomic mass is 9.76. The number of carbonyl (C=O) groups excluding carboxylic acids is 3. The molecule has 0 unspecified atom stereocenters. The van der Waals surface area contributed by atoms with E-state index in [0.29, 0.717) is 17.7 Å². The number of nitrogens with zero attached hydrogens (tertiary/aromatic N) is 2. The Balaban J connectivity index is 1.55. The van der Waals surface area contributed by atoms with Crippen LogP contribution >= 0.6 is 0 Å². The van der Waals surface area contributed by atoms with E-state index in [2.05, 4.69) is 10.6 Å². The van der Waals surface area contributed by atoms with E-state index >= 15 is 0 Å². The maximum absolute atomic E-state index is 13.3. The smallest absolute Gasteiger partial charge is 0.324 e. The highest BCUT2D eigenvalue weighted by Crippen LogP contribution is 2.39. The third-order valence-corrected chi connectivity index (χ3v) is 8.03. The molecule has 4 amide bonds. The standard InChI is InChI=1S/C23H26N4O5S/c1-15-10-11-17(33(31,32)26(2)3)13-19(15)24-20(28)14-27-21(29)23(25-22(27)30)12-6-8-16-7-4-5-9-18(16)23/h4-5,7,9-11,13H,6,8,12,14H2,1-3H3,(H,24,28)(H,25,30)/t23-/m1/s1. The van der Waals surface area contributed by atoms with Gasteiger partial charge in [-0.05, 0) is 55.0 Å². The van der Waals surface area contributed by atoms with Crippen LogP contribution in [-0.2, 0) is 31.6 Å². The average Bonchev–Trinajstić information content (AvgIpc) is 3.00. The monoisotopic (exact) mass is 470 g/mol. The summed E-state index contributed by atoms with van der Waals surface area (Å²) in [6.07, 6.45) is 2.04. The number of imide groups is 1. The number of anilines is 1. The topological polar surface area (TPSA) is 116 Å². The van der Waals surface area contributed by atoms with Gasteiger partial charge in [0.2, 0.25) is 15.9 Å². The number of amides is 4. The number of urea groups is 1. The molecular weight excluding hydrogens is 444 g/mol. The Morgan fingerprint density at radius 3 is 2.64 bits per heavy atom. The molecule has 2 N–H and O–H groups in total. The minimum Gasteiger partial charge on any atom is -0.324 e. The number of nitrogens with one attached hydrogen (secondary N) is 2. The molecule has 1 atom stereocenters. The van der Waals surface area contributed by atoms with Gasteiger partial charge in [-0.3, -0.25) is 14.5 Å². The molecule has 1 fully saturated rings. The van der Waals surface area contributed by atoms with Crippen LogP contribution in [0.4, 0.5) is 10.5 Å². The van der Waals surface area contributed by atoms with Crippen molar-refractivity contribution in [3.8, 4) is 0 Å². The molecule has 1 heterocycles. The van der Waals surface area contributed by atoms with E-state index in [-0.39, 0.29) is 4.90 Å². The molecule has 1 aliphatic heterocycles. The zero-order valence-corrected chi connectivity index (χ0v) is 19.5. The first-order chi connectivity index (χ1) is 15.6. The number of benzene rings is 2. The lowest BCUT2D eigenvalue weighted by Gasteiger charge is -2.33. The van der Waals surface area contributed by atoms with Crippen molar-refractivity contribution in [1.82, 2.24) is 14.5 Å². The van der Waals surface area contributed by atoms with E-state index in [4.69, 9.17) is 0 Å². The van der Waals surface area contributed by atoms with Crippen LogP contribution in [-0.4, -0.2) is 56.1 Å². The Bertz CT molecular complexity index is 1260. The molecule has 0 radical (unpaired) electrons. The SMILES string of the molecule is Cc1ccc(S(=O)(=O)N(C)C)cc1NC(=O)CN1C(=O)N[C@@]2(CCCc3ccccc32)C1=O. The lowest BCUT2D eigenvalue weighted by Crippen LogP contribution is -2.47. The Kier molecular flexibility index (Phi) is 5.75. The number of rotatable bonds is 5. The minimum atomic E-state index is -3.69. The van der Waals surface area contributed by atoms with E-state index in [1.807, 2.05) is 24.3 Å². The second-order valence-electron chi connectivity index (χ2n) is 8.55. The summed E-state index contributed by atoms with van der Waals surface area (Å²) in [4.78, 5) is 39.8. The van der Waals surface area contributed by atoms with Crippen molar-refractivity contribution in [2.75, 3.05) is 26.0 Å². The fraction of sp³-hybridized carbons (Fsp3) is 0.348. The number of hydrogen-bond acceptors (Lipinski definition) is 5. The van der Waals surface area contributed by atoms with Gasteiger partial charge in [-0.15, -0.1) is 0 Å². The molecule has 1 saturated heterocycles. The Labute approximate surface area is 192 Å². The van der Waals surface area contributed by atoms with E-state index in [0.717, 1.165) is 33.2 Å². The van der Waals surface area contributed by atoms with Crippen molar-refractivity contribution in [3.63, 3.8) is 0 Å². The third-order valence-electron chi connectivity index (χ3n) is 6.21. The second-order valence-corrected chi connectivity index (χ2v) is 10.7. The quantitative estimate of drug-likeness (QED) is 0.648. The summed E-state index contributed by atoms with van der Waals surface area (Å²) in [6, 6.07) is 11.3. The van der Waals surface area contributed by atoms with Gasteiger partial charge in [-0.25, -0.2) is 17.5 Å². The summed E-state index contributed by atoms with van der Waals surface area (Å²) < 4.78 is 25.9. The van der Waals surface area contributed by atoms with Crippen molar-refractivity contribution in [3.05, 3.63) is 59.2 Å². The molecule has 9 nitrogen and oxygen atoms in total. The predicted molar refractivity (Wildman–Crippen MR) is 122 cm³/mol. The first kappa shape index (κ1) is 22.9. The third kappa shape index (κ3) is 3.89. The molecule has 1 spiro atoms. The van der Waals surface area contributed by atoms with Crippen molar-refractivity contribution < 1.29 is 22.8 Å². The Morgan fingerprint density at radius 1 is 1.18 bits per heavy atom. The summed E-state index contributed by atoms with van der Waals surface area (Å²) in [5.74, 6) is -1.04. The molecule has 2 aromatic rings. The fourth-order valence-corrected chi connectivity index (χ4v) is 5.32. The normalized spacial score (nSPS) is 20.2. The highest BCUT2D eigenvalue weighted by atomic mass is 32.2. The van der Waals surface area contributed by atoms with E-state index in [9.17, 15) is 22.8 Å². The van der Waals surface area contributed by atoms with Gasteiger partial charge in [0.1, 0.15) is 12.1 Å². The van der Waals surface area contributed by atoms with Crippen molar-refractivity contribution in [1.29, 1.82) is 0 Å². The van der Waals surface area contributed by atoms with E-state index in [1.54, 1.807) is 13.0 Å². The summed E-state index contributed by atoms with van der Waals surface area (Å²) in [6.45, 7) is 1.25. The summed E-state index contributed by atoms with van der Waals surface area (Å²) in [5, 5.41) is 5.46. The van der Waals surface area contributed by atoms with Gasteiger partial charge in [0, 0.05) is 19.8 Å². The molecular formula is C23H26N4O5S. The zero-order valence-electron chi connectivity index (χ0n) is 18.7. The number of sulfonamides is 1. The van der Waals surface area contributed by atoms with E-state index in [1.165, 1.54) is 26.2 Å². The van der Waals surface area contributed by atoms with Gasteiger partial charge in [0.25, 0.3) is 5.91 Å². The predicted octanol–water partition coefficient (Wildman–Crippen LogP) is 1.97. The van der Waals surface area contributed by atoms with Gasteiger partial charge in [-0.1, -0.05) is 30.3 Å². The number of carbonyl (C=O) groups is 3. The maximum Gasteiger partial charge on any atom is 0.325 e. The van der Waals surface area contributed by atoms with Gasteiger partial charge < -0.3 is 10.6 Å². The molecule has 33 heavy (non-hydrogen) atoms. The molecule has 2 aromatic carbocycles. The lowest BCUT2D eigenvalue weighted by molar-refractivity contribution is -0.134. The van der Waals surface area contributed by atoms with Gasteiger partial charge in [0.05, 0.1) is 4.90 Å². The van der Waals surface area contributed by atoms with Crippen LogP contribution < -0.4 is 10.6 Å². The van der Waals surface area contributed by atoms with Crippen LogP contribution in [0.3, 0.4) is 0 Å². The van der Waals surface area contributed by atoms with Crippen LogP contribution in [0.15, 0.2) is 47.4 Å². The van der Waals surface area contributed by atoms with E-state index < -0.39 is 40.0 Å². The van der Waals surface area contributed by atoms with Crippen LogP contribution in [0, 0.1) is 6.92 Å². The van der Waals surface area contributed by atoms with Crippen molar-refractivity contribution in [2.24, 2.45) is 0 Å². The summed E-state index contributed by atoms with van der Waals surface area (Å²) in [5.41, 5.74) is 1.58. The first-order valence-corrected chi connectivity index (χ1v) is 12.1. The van der Waals surface area contributed by atoms with Gasteiger partial charge in [0.15, 0.2) is 0 Å². The molecule has 0 bridgehead atoms. The van der Waals surface area contributed by atoms with Crippen molar-refractivity contribution in [2.45, 2.75) is 36.6 Å². The molecule has 4 rings (SSSR count). The van der Waals surface area contributed by atoms with Gasteiger partial charge in [-0.2, -0.15) is 0 Å². The van der Waals surface area contributed by atoms with Crippen LogP contribution in [0.25, 0.3) is 0 Å². The largest absolute Gasteiger partial charge is 0.325 e. The first-order valence-electron chi connectivity index (χ1n) is 10.6. The number of aryl methyl sites for hydroxylation is 2. The zero-order chi connectivity index (χ0) is 24.0.